The fourth-order valence-corrected chi connectivity index (χ4v) is 5.76. The summed E-state index contributed by atoms with van der Waals surface area (Å²) in [6, 6.07) is 2.03. The van der Waals surface area contributed by atoms with Crippen LogP contribution in [0.15, 0.2) is 12.1 Å². The molecular weight excluding hydrogens is 377 g/mol. The number of nitrogens with one attached hydrogen (secondary N) is 1. The molecule has 0 spiro atoms. The highest BCUT2D eigenvalue weighted by Crippen LogP contribution is 2.38. The molecule has 0 bridgehead atoms. The van der Waals surface area contributed by atoms with E-state index in [0.29, 0.717) is 35.8 Å². The van der Waals surface area contributed by atoms with E-state index in [9.17, 15) is 26.4 Å². The normalized spacial score (nSPS) is 25.1. The summed E-state index contributed by atoms with van der Waals surface area (Å²) in [5.41, 5.74) is 0. The van der Waals surface area contributed by atoms with Gasteiger partial charge in [0.2, 0.25) is 5.91 Å². The second kappa shape index (κ2) is 6.88. The van der Waals surface area contributed by atoms with Gasteiger partial charge in [0.25, 0.3) is 0 Å². The molecule has 10 heteroatoms. The first-order valence-electron chi connectivity index (χ1n) is 8.06. The molecule has 5 nitrogen and oxygen atoms in total. The molecule has 1 unspecified atom stereocenters. The minimum absolute atomic E-state index is 0.00259. The van der Waals surface area contributed by atoms with E-state index in [1.165, 1.54) is 6.07 Å². The van der Waals surface area contributed by atoms with Crippen molar-refractivity contribution < 1.29 is 26.4 Å². The Bertz CT molecular complexity index is 731. The fourth-order valence-electron chi connectivity index (χ4n) is 3.28. The van der Waals surface area contributed by atoms with Gasteiger partial charge in [-0.25, -0.2) is 8.42 Å². The van der Waals surface area contributed by atoms with Crippen molar-refractivity contribution in [2.45, 2.75) is 25.1 Å². The maximum atomic E-state index is 12.8. The predicted octanol–water partition coefficient (Wildman–Crippen LogP) is 2.06. The zero-order valence-corrected chi connectivity index (χ0v) is 15.0. The van der Waals surface area contributed by atoms with Gasteiger partial charge in [0.1, 0.15) is 14.7 Å². The summed E-state index contributed by atoms with van der Waals surface area (Å²) in [4.78, 5) is 14.3. The average molecular weight is 396 g/mol. The molecule has 2 aliphatic rings. The van der Waals surface area contributed by atoms with Gasteiger partial charge in [-0.2, -0.15) is 13.2 Å². The van der Waals surface area contributed by atoms with E-state index in [2.05, 4.69) is 5.32 Å². The number of rotatable bonds is 2. The molecule has 0 radical (unpaired) electrons. The van der Waals surface area contributed by atoms with Crippen LogP contribution in [0.5, 0.6) is 0 Å². The van der Waals surface area contributed by atoms with Gasteiger partial charge in [-0.05, 0) is 25.0 Å². The van der Waals surface area contributed by atoms with Crippen LogP contribution in [0.2, 0.25) is 0 Å². The lowest BCUT2D eigenvalue weighted by Crippen LogP contribution is -2.51. The van der Waals surface area contributed by atoms with Crippen molar-refractivity contribution >= 4 is 27.1 Å². The van der Waals surface area contributed by atoms with E-state index < -0.39 is 26.9 Å². The summed E-state index contributed by atoms with van der Waals surface area (Å²) >= 11 is 0.659. The number of thiophene rings is 1. The van der Waals surface area contributed by atoms with Gasteiger partial charge in [-0.3, -0.25) is 4.79 Å². The van der Waals surface area contributed by atoms with Crippen molar-refractivity contribution in [3.63, 3.8) is 0 Å². The first-order chi connectivity index (χ1) is 11.7. The van der Waals surface area contributed by atoms with Crippen molar-refractivity contribution in [1.82, 2.24) is 10.2 Å². The Balaban J connectivity index is 1.77. The molecule has 140 valence electrons. The van der Waals surface area contributed by atoms with Crippen molar-refractivity contribution in [2.75, 3.05) is 31.1 Å². The largest absolute Gasteiger partial charge is 0.425 e. The number of carbonyl (C=O) groups excluding carboxylic acids is 1. The number of hydrogen-bond donors (Lipinski definition) is 1. The Morgan fingerprint density at radius 3 is 2.52 bits per heavy atom. The van der Waals surface area contributed by atoms with E-state index in [1.54, 1.807) is 4.90 Å². The zero-order valence-electron chi connectivity index (χ0n) is 13.4. The topological polar surface area (TPSA) is 66.5 Å². The van der Waals surface area contributed by atoms with E-state index in [1.807, 2.05) is 0 Å². The van der Waals surface area contributed by atoms with Crippen LogP contribution in [-0.4, -0.2) is 50.4 Å². The number of nitrogens with zero attached hydrogens (tertiary/aromatic N) is 1. The van der Waals surface area contributed by atoms with E-state index in [4.69, 9.17) is 0 Å². The second-order valence-electron chi connectivity index (χ2n) is 6.38. The van der Waals surface area contributed by atoms with Crippen LogP contribution in [0, 0.1) is 5.92 Å². The summed E-state index contributed by atoms with van der Waals surface area (Å²) in [5, 5.41) is 3.12. The molecular formula is C15H19F3N2O3S2. The van der Waals surface area contributed by atoms with Gasteiger partial charge in [-0.1, -0.05) is 0 Å². The van der Waals surface area contributed by atoms with Crippen LogP contribution in [-0.2, 0) is 20.8 Å². The molecule has 0 saturated carbocycles. The molecule has 1 aromatic heterocycles. The summed E-state index contributed by atoms with van der Waals surface area (Å²) < 4.78 is 61.6. The summed E-state index contributed by atoms with van der Waals surface area (Å²) in [6.45, 7) is 1.38. The summed E-state index contributed by atoms with van der Waals surface area (Å²) in [5.74, 6) is -0.524. The molecule has 3 heterocycles. The first kappa shape index (κ1) is 18.7. The zero-order chi connectivity index (χ0) is 18.2. The lowest BCUT2D eigenvalue weighted by atomic mass is 9.99. The standard InChI is InChI=1S/C15H19F3N2O3S2/c16-15(17,18)13-2-1-12(24-13)11-9-19-5-6-20(11)14(21)10-3-7-25(22,23)8-4-10/h1-2,10-11,19H,3-9H2. The maximum absolute atomic E-state index is 12.8. The van der Waals surface area contributed by atoms with Crippen molar-refractivity contribution in [3.8, 4) is 0 Å². The van der Waals surface area contributed by atoms with Crippen molar-refractivity contribution in [1.29, 1.82) is 0 Å². The lowest BCUT2D eigenvalue weighted by molar-refractivity contribution is -0.139. The van der Waals surface area contributed by atoms with Gasteiger partial charge < -0.3 is 10.2 Å². The van der Waals surface area contributed by atoms with Crippen LogP contribution in [0.1, 0.15) is 28.6 Å². The molecule has 0 aromatic carbocycles. The molecule has 2 fully saturated rings. The van der Waals surface area contributed by atoms with E-state index in [0.717, 1.165) is 6.07 Å². The van der Waals surface area contributed by atoms with Crippen molar-refractivity contribution in [3.05, 3.63) is 21.9 Å². The molecule has 1 amide bonds. The minimum Gasteiger partial charge on any atom is -0.332 e. The van der Waals surface area contributed by atoms with Crippen LogP contribution >= 0.6 is 11.3 Å². The Labute approximate surface area is 148 Å². The number of hydrogen-bond acceptors (Lipinski definition) is 5. The number of halogens is 3. The maximum Gasteiger partial charge on any atom is 0.425 e. The smallest absolute Gasteiger partial charge is 0.332 e. The number of amides is 1. The third-order valence-electron chi connectivity index (χ3n) is 4.66. The van der Waals surface area contributed by atoms with Gasteiger partial charge in [-0.15, -0.1) is 11.3 Å². The van der Waals surface area contributed by atoms with E-state index in [-0.39, 0.29) is 36.2 Å². The number of sulfone groups is 1. The molecule has 1 N–H and O–H groups in total. The first-order valence-corrected chi connectivity index (χ1v) is 10.7. The monoisotopic (exact) mass is 396 g/mol. The number of piperazine rings is 1. The highest BCUT2D eigenvalue weighted by molar-refractivity contribution is 7.91. The highest BCUT2D eigenvalue weighted by Gasteiger charge is 2.38. The summed E-state index contributed by atoms with van der Waals surface area (Å²) in [7, 11) is -3.06. The SMILES string of the molecule is O=C(C1CCS(=O)(=O)CC1)N1CCNCC1c1ccc(C(F)(F)F)s1. The number of alkyl halides is 3. The molecule has 3 rings (SSSR count). The molecule has 2 aliphatic heterocycles. The third kappa shape index (κ3) is 4.17. The quantitative estimate of drug-likeness (QED) is 0.831. The van der Waals surface area contributed by atoms with Crippen molar-refractivity contribution in [2.24, 2.45) is 5.92 Å². The molecule has 25 heavy (non-hydrogen) atoms. The van der Waals surface area contributed by atoms with Gasteiger partial charge >= 0.3 is 6.18 Å². The van der Waals surface area contributed by atoms with Gasteiger partial charge in [0.15, 0.2) is 0 Å². The molecule has 1 atom stereocenters. The Morgan fingerprint density at radius 1 is 1.24 bits per heavy atom. The Hall–Kier alpha value is -1.13. The fraction of sp³-hybridized carbons (Fsp3) is 0.667. The van der Waals surface area contributed by atoms with Gasteiger partial charge in [0.05, 0.1) is 17.5 Å². The Kier molecular flexibility index (Phi) is 5.13. The molecule has 0 aliphatic carbocycles. The van der Waals surface area contributed by atoms with Crippen LogP contribution in [0.3, 0.4) is 0 Å². The molecule has 1 aromatic rings. The average Bonchev–Trinajstić information content (AvgIpc) is 3.04. The third-order valence-corrected chi connectivity index (χ3v) is 7.61. The second-order valence-corrected chi connectivity index (χ2v) is 9.80. The highest BCUT2D eigenvalue weighted by atomic mass is 32.2. The van der Waals surface area contributed by atoms with Gasteiger partial charge in [0, 0.05) is 30.4 Å². The number of carbonyl (C=O) groups is 1. The summed E-state index contributed by atoms with van der Waals surface area (Å²) in [6.07, 6.45) is -3.82. The van der Waals surface area contributed by atoms with E-state index >= 15 is 0 Å². The minimum atomic E-state index is -4.39. The van der Waals surface area contributed by atoms with Crippen LogP contribution < -0.4 is 5.32 Å². The predicted molar refractivity (Wildman–Crippen MR) is 88.0 cm³/mol. The molecule has 2 saturated heterocycles. The lowest BCUT2D eigenvalue weighted by Gasteiger charge is -2.38. The van der Waals surface area contributed by atoms with Crippen LogP contribution in [0.25, 0.3) is 0 Å². The van der Waals surface area contributed by atoms with Crippen LogP contribution in [0.4, 0.5) is 13.2 Å². The Morgan fingerprint density at radius 2 is 1.92 bits per heavy atom.